The van der Waals surface area contributed by atoms with Crippen LogP contribution in [0, 0.1) is 0 Å². The van der Waals surface area contributed by atoms with Crippen molar-refractivity contribution < 1.29 is 22.7 Å². The van der Waals surface area contributed by atoms with Crippen molar-refractivity contribution in [3.63, 3.8) is 0 Å². The molecule has 0 aromatic heterocycles. The first kappa shape index (κ1) is 23.3. The van der Waals surface area contributed by atoms with E-state index in [0.29, 0.717) is 17.2 Å². The maximum Gasteiger partial charge on any atom is 0.244 e. The van der Waals surface area contributed by atoms with Crippen LogP contribution >= 0.6 is 15.9 Å². The molecule has 1 aliphatic heterocycles. The van der Waals surface area contributed by atoms with Gasteiger partial charge in [-0.25, -0.2) is 8.42 Å². The molecule has 9 heteroatoms. The molecule has 1 amide bonds. The van der Waals surface area contributed by atoms with Crippen LogP contribution in [0.3, 0.4) is 0 Å². The molecule has 0 aliphatic carbocycles. The van der Waals surface area contributed by atoms with Gasteiger partial charge in [0.05, 0.1) is 19.1 Å². The van der Waals surface area contributed by atoms with Crippen LogP contribution in [0.1, 0.15) is 11.1 Å². The number of sulfonamides is 1. The molecule has 33 heavy (non-hydrogen) atoms. The molecule has 7 nitrogen and oxygen atoms in total. The number of carbonyl (C=O) groups excluding carboxylic acids is 1. The summed E-state index contributed by atoms with van der Waals surface area (Å²) in [5, 5.41) is 2.85. The molecule has 0 saturated carbocycles. The number of rotatable bonds is 6. The summed E-state index contributed by atoms with van der Waals surface area (Å²) in [6.45, 7) is 0.0886. The summed E-state index contributed by atoms with van der Waals surface area (Å²) in [5.74, 6) is 0.327. The number of carbonyl (C=O) groups is 1. The van der Waals surface area contributed by atoms with Crippen LogP contribution in [-0.2, 0) is 27.8 Å². The van der Waals surface area contributed by atoms with Crippen molar-refractivity contribution in [1.82, 2.24) is 4.31 Å². The Morgan fingerprint density at radius 2 is 1.64 bits per heavy atom. The largest absolute Gasteiger partial charge is 0.493 e. The third kappa shape index (κ3) is 4.75. The quantitative estimate of drug-likeness (QED) is 0.515. The summed E-state index contributed by atoms with van der Waals surface area (Å²) < 4.78 is 40.1. The fourth-order valence-electron chi connectivity index (χ4n) is 3.85. The van der Waals surface area contributed by atoms with E-state index in [2.05, 4.69) is 21.2 Å². The van der Waals surface area contributed by atoms with Crippen molar-refractivity contribution in [2.24, 2.45) is 0 Å². The SMILES string of the molecule is COc1ccc(S(=O)(=O)N2Cc3ccccc3C[C@@H]2C(=O)Nc2ccc(Br)cc2)cc1OC. The maximum absolute atomic E-state index is 13.7. The monoisotopic (exact) mass is 530 g/mol. The highest BCUT2D eigenvalue weighted by Crippen LogP contribution is 2.34. The van der Waals surface area contributed by atoms with E-state index in [9.17, 15) is 13.2 Å². The zero-order valence-corrected chi connectivity index (χ0v) is 20.5. The smallest absolute Gasteiger partial charge is 0.244 e. The van der Waals surface area contributed by atoms with Crippen molar-refractivity contribution in [3.05, 3.63) is 82.3 Å². The predicted octanol–water partition coefficient (Wildman–Crippen LogP) is 4.22. The number of hydrogen-bond acceptors (Lipinski definition) is 5. The fraction of sp³-hybridized carbons (Fsp3) is 0.208. The molecule has 1 aliphatic rings. The molecule has 4 rings (SSSR count). The second kappa shape index (κ2) is 9.54. The molecular formula is C24H23BrN2O5S. The minimum atomic E-state index is -4.03. The Hall–Kier alpha value is -2.88. The van der Waals surface area contributed by atoms with Crippen molar-refractivity contribution in [3.8, 4) is 11.5 Å². The number of hydrogen-bond donors (Lipinski definition) is 1. The Balaban J connectivity index is 1.72. The molecule has 1 N–H and O–H groups in total. The van der Waals surface area contributed by atoms with E-state index in [1.807, 2.05) is 36.4 Å². The first-order chi connectivity index (χ1) is 15.8. The second-order valence-electron chi connectivity index (χ2n) is 7.55. The van der Waals surface area contributed by atoms with Gasteiger partial charge in [-0.05, 0) is 53.9 Å². The summed E-state index contributed by atoms with van der Waals surface area (Å²) in [6.07, 6.45) is 0.269. The normalized spacial score (nSPS) is 16.0. The van der Waals surface area contributed by atoms with Gasteiger partial charge in [-0.3, -0.25) is 4.79 Å². The number of amides is 1. The topological polar surface area (TPSA) is 84.9 Å². The lowest BCUT2D eigenvalue weighted by Gasteiger charge is -2.35. The van der Waals surface area contributed by atoms with Crippen LogP contribution in [0.2, 0.25) is 0 Å². The van der Waals surface area contributed by atoms with Gasteiger partial charge in [-0.1, -0.05) is 40.2 Å². The number of fused-ring (bicyclic) bond motifs is 1. The van der Waals surface area contributed by atoms with Crippen molar-refractivity contribution in [1.29, 1.82) is 0 Å². The molecule has 0 bridgehead atoms. The average Bonchev–Trinajstić information content (AvgIpc) is 2.84. The first-order valence-corrected chi connectivity index (χ1v) is 12.4. The molecular weight excluding hydrogens is 508 g/mol. The average molecular weight is 531 g/mol. The van der Waals surface area contributed by atoms with Gasteiger partial charge in [0.25, 0.3) is 0 Å². The van der Waals surface area contributed by atoms with Crippen LogP contribution in [0.4, 0.5) is 5.69 Å². The lowest BCUT2D eigenvalue weighted by atomic mass is 9.95. The van der Waals surface area contributed by atoms with Gasteiger partial charge in [-0.15, -0.1) is 0 Å². The lowest BCUT2D eigenvalue weighted by molar-refractivity contribution is -0.120. The summed E-state index contributed by atoms with van der Waals surface area (Å²) in [5.41, 5.74) is 2.41. The summed E-state index contributed by atoms with van der Waals surface area (Å²) in [4.78, 5) is 13.3. The van der Waals surface area contributed by atoms with Crippen LogP contribution in [0.5, 0.6) is 11.5 Å². The number of halogens is 1. The Labute approximate surface area is 201 Å². The van der Waals surface area contributed by atoms with Crippen LogP contribution in [-0.4, -0.2) is 38.9 Å². The number of methoxy groups -OCH3 is 2. The third-order valence-electron chi connectivity index (χ3n) is 5.58. The van der Waals surface area contributed by atoms with Crippen LogP contribution in [0.25, 0.3) is 0 Å². The standard InChI is InChI=1S/C24H23BrN2O5S/c1-31-22-12-11-20(14-23(22)32-2)33(29,30)27-15-17-6-4-3-5-16(17)13-21(27)24(28)26-19-9-7-18(25)8-10-19/h3-12,14,21H,13,15H2,1-2H3,(H,26,28)/t21-/m1/s1. The Kier molecular flexibility index (Phi) is 6.73. The maximum atomic E-state index is 13.7. The van der Waals surface area contributed by atoms with Crippen LogP contribution < -0.4 is 14.8 Å². The molecule has 3 aromatic carbocycles. The molecule has 1 atom stereocenters. The molecule has 0 unspecified atom stereocenters. The Morgan fingerprint density at radius 3 is 2.30 bits per heavy atom. The van der Waals surface area contributed by atoms with E-state index >= 15 is 0 Å². The minimum absolute atomic E-state index is 0.0287. The van der Waals surface area contributed by atoms with Gasteiger partial charge in [0.2, 0.25) is 15.9 Å². The minimum Gasteiger partial charge on any atom is -0.493 e. The lowest BCUT2D eigenvalue weighted by Crippen LogP contribution is -2.50. The van der Waals surface area contributed by atoms with Crippen molar-refractivity contribution in [2.75, 3.05) is 19.5 Å². The van der Waals surface area contributed by atoms with E-state index in [4.69, 9.17) is 9.47 Å². The van der Waals surface area contributed by atoms with E-state index in [1.54, 1.807) is 18.2 Å². The summed E-state index contributed by atoms with van der Waals surface area (Å²) >= 11 is 3.37. The molecule has 172 valence electrons. The Bertz CT molecular complexity index is 1280. The van der Waals surface area contributed by atoms with E-state index in [1.165, 1.54) is 30.7 Å². The number of ether oxygens (including phenoxy) is 2. The van der Waals surface area contributed by atoms with E-state index in [0.717, 1.165) is 15.6 Å². The molecule has 3 aromatic rings. The molecule has 0 saturated heterocycles. The van der Waals surface area contributed by atoms with Gasteiger partial charge in [0.1, 0.15) is 6.04 Å². The van der Waals surface area contributed by atoms with E-state index in [-0.39, 0.29) is 17.9 Å². The van der Waals surface area contributed by atoms with Gasteiger partial charge >= 0.3 is 0 Å². The zero-order chi connectivity index (χ0) is 23.6. The zero-order valence-electron chi connectivity index (χ0n) is 18.1. The Morgan fingerprint density at radius 1 is 0.970 bits per heavy atom. The highest BCUT2D eigenvalue weighted by molar-refractivity contribution is 9.10. The van der Waals surface area contributed by atoms with Crippen molar-refractivity contribution >= 4 is 37.5 Å². The van der Waals surface area contributed by atoms with Gasteiger partial charge < -0.3 is 14.8 Å². The van der Waals surface area contributed by atoms with Gasteiger partial charge in [0, 0.05) is 22.8 Å². The second-order valence-corrected chi connectivity index (χ2v) is 10.4. The molecule has 0 fully saturated rings. The number of anilines is 1. The summed E-state index contributed by atoms with van der Waals surface area (Å²) in [6, 6.07) is 18.2. The number of benzene rings is 3. The van der Waals surface area contributed by atoms with Gasteiger partial charge in [-0.2, -0.15) is 4.31 Å². The third-order valence-corrected chi connectivity index (χ3v) is 7.96. The van der Waals surface area contributed by atoms with E-state index < -0.39 is 22.0 Å². The number of nitrogens with one attached hydrogen (secondary N) is 1. The molecule has 0 spiro atoms. The highest BCUT2D eigenvalue weighted by Gasteiger charge is 2.40. The first-order valence-electron chi connectivity index (χ1n) is 10.2. The summed E-state index contributed by atoms with van der Waals surface area (Å²) in [7, 11) is -1.10. The highest BCUT2D eigenvalue weighted by atomic mass is 79.9. The molecule has 0 radical (unpaired) electrons. The molecule has 1 heterocycles. The van der Waals surface area contributed by atoms with Crippen LogP contribution in [0.15, 0.2) is 76.1 Å². The predicted molar refractivity (Wildman–Crippen MR) is 129 cm³/mol. The van der Waals surface area contributed by atoms with Crippen molar-refractivity contribution in [2.45, 2.75) is 23.9 Å². The number of nitrogens with zero attached hydrogens (tertiary/aromatic N) is 1. The fourth-order valence-corrected chi connectivity index (χ4v) is 5.69. The van der Waals surface area contributed by atoms with Gasteiger partial charge in [0.15, 0.2) is 11.5 Å².